The highest BCUT2D eigenvalue weighted by Gasteiger charge is 2.06. The molecule has 108 valence electrons. The van der Waals surface area contributed by atoms with Crippen LogP contribution in [-0.4, -0.2) is 4.57 Å². The van der Waals surface area contributed by atoms with Crippen LogP contribution in [0.15, 0.2) is 47.3 Å². The van der Waals surface area contributed by atoms with Crippen LogP contribution in [0.1, 0.15) is 16.7 Å². The highest BCUT2D eigenvalue weighted by molar-refractivity contribution is 7.12. The van der Waals surface area contributed by atoms with Crippen molar-refractivity contribution >= 4 is 27.9 Å². The molecule has 0 saturated carbocycles. The summed E-state index contributed by atoms with van der Waals surface area (Å²) in [6.45, 7) is 2.92. The summed E-state index contributed by atoms with van der Waals surface area (Å²) >= 11 is 1.82. The predicted octanol–water partition coefficient (Wildman–Crippen LogP) is 3.77. The van der Waals surface area contributed by atoms with Gasteiger partial charge in [-0.15, -0.1) is 11.3 Å². The summed E-state index contributed by atoms with van der Waals surface area (Å²) in [5, 5.41) is 4.48. The fourth-order valence-electron chi connectivity index (χ4n) is 2.45. The summed E-state index contributed by atoms with van der Waals surface area (Å²) < 4.78 is 1.68. The minimum atomic E-state index is 0.0108. The van der Waals surface area contributed by atoms with Crippen LogP contribution in [0, 0.1) is 0 Å². The van der Waals surface area contributed by atoms with Gasteiger partial charge in [-0.1, -0.05) is 25.1 Å². The maximum Gasteiger partial charge on any atom is 0.252 e. The van der Waals surface area contributed by atoms with Crippen molar-refractivity contribution in [2.75, 3.05) is 5.32 Å². The molecule has 0 saturated heterocycles. The van der Waals surface area contributed by atoms with Crippen LogP contribution >= 0.6 is 11.3 Å². The van der Waals surface area contributed by atoms with E-state index in [1.807, 2.05) is 35.6 Å². The molecule has 0 aliphatic heterocycles. The third-order valence-corrected chi connectivity index (χ3v) is 4.90. The predicted molar refractivity (Wildman–Crippen MR) is 90.2 cm³/mol. The minimum absolute atomic E-state index is 0.0108. The van der Waals surface area contributed by atoms with Gasteiger partial charge in [0, 0.05) is 40.5 Å². The number of benzene rings is 1. The van der Waals surface area contributed by atoms with Crippen molar-refractivity contribution in [3.63, 3.8) is 0 Å². The second-order valence-corrected chi connectivity index (χ2v) is 6.30. The molecule has 3 aromatic rings. The largest absolute Gasteiger partial charge is 0.379 e. The molecule has 21 heavy (non-hydrogen) atoms. The molecule has 3 rings (SSSR count). The molecule has 0 atom stereocenters. The van der Waals surface area contributed by atoms with E-state index in [4.69, 9.17) is 0 Å². The fourth-order valence-corrected chi connectivity index (χ4v) is 3.34. The molecule has 4 heteroatoms. The molecule has 2 aromatic heterocycles. The second kappa shape index (κ2) is 5.74. The number of nitrogens with one attached hydrogen (secondary N) is 1. The van der Waals surface area contributed by atoms with Crippen molar-refractivity contribution in [2.24, 2.45) is 7.05 Å². The molecule has 3 nitrogen and oxygen atoms in total. The van der Waals surface area contributed by atoms with E-state index in [-0.39, 0.29) is 5.56 Å². The highest BCUT2D eigenvalue weighted by atomic mass is 32.1. The Bertz CT molecular complexity index is 832. The van der Waals surface area contributed by atoms with Gasteiger partial charge in [0.25, 0.3) is 5.56 Å². The zero-order chi connectivity index (χ0) is 14.8. The molecule has 0 radical (unpaired) electrons. The zero-order valence-electron chi connectivity index (χ0n) is 12.2. The molecule has 0 spiro atoms. The zero-order valence-corrected chi connectivity index (χ0v) is 13.0. The van der Waals surface area contributed by atoms with Crippen LogP contribution in [-0.2, 0) is 20.0 Å². The Balaban J connectivity index is 1.93. The van der Waals surface area contributed by atoms with Gasteiger partial charge in [0.05, 0.1) is 5.52 Å². The van der Waals surface area contributed by atoms with Crippen molar-refractivity contribution in [2.45, 2.75) is 19.9 Å². The number of anilines is 1. The van der Waals surface area contributed by atoms with Crippen LogP contribution in [0.4, 0.5) is 5.69 Å². The van der Waals surface area contributed by atoms with Crippen molar-refractivity contribution in [3.05, 3.63) is 62.6 Å². The molecule has 1 aromatic carbocycles. The number of thiophene rings is 1. The lowest BCUT2D eigenvalue weighted by molar-refractivity contribution is 0.906. The van der Waals surface area contributed by atoms with E-state index >= 15 is 0 Å². The quantitative estimate of drug-likeness (QED) is 0.795. The normalized spacial score (nSPS) is 11.0. The summed E-state index contributed by atoms with van der Waals surface area (Å²) in [5.41, 5.74) is 1.87. The topological polar surface area (TPSA) is 34.0 Å². The standard InChI is InChI=1S/C17H18N2OS/c1-3-12-8-9-13(21-12)11-18-15-10-17(20)19(2)16-7-5-4-6-14(15)16/h4-10,18H,3,11H2,1-2H3. The van der Waals surface area contributed by atoms with Gasteiger partial charge in [0.1, 0.15) is 0 Å². The van der Waals surface area contributed by atoms with E-state index in [2.05, 4.69) is 24.4 Å². The number of rotatable bonds is 4. The molecular weight excluding hydrogens is 280 g/mol. The Hall–Kier alpha value is -2.07. The van der Waals surface area contributed by atoms with Crippen LogP contribution < -0.4 is 10.9 Å². The summed E-state index contributed by atoms with van der Waals surface area (Å²) in [4.78, 5) is 14.7. The van der Waals surface area contributed by atoms with Gasteiger partial charge in [-0.05, 0) is 24.6 Å². The first kappa shape index (κ1) is 13.9. The van der Waals surface area contributed by atoms with Gasteiger partial charge in [0.15, 0.2) is 0 Å². The van der Waals surface area contributed by atoms with E-state index in [1.54, 1.807) is 17.7 Å². The lowest BCUT2D eigenvalue weighted by Crippen LogP contribution is -2.17. The number of aryl methyl sites for hydroxylation is 2. The molecule has 0 amide bonds. The van der Waals surface area contributed by atoms with E-state index in [1.165, 1.54) is 9.75 Å². The number of pyridine rings is 1. The Morgan fingerprint density at radius 3 is 2.67 bits per heavy atom. The van der Waals surface area contributed by atoms with Gasteiger partial charge < -0.3 is 9.88 Å². The molecular formula is C17H18N2OS. The Morgan fingerprint density at radius 1 is 1.14 bits per heavy atom. The number of fused-ring (bicyclic) bond motifs is 1. The molecule has 0 aliphatic carbocycles. The maximum absolute atomic E-state index is 12.0. The van der Waals surface area contributed by atoms with Crippen LogP contribution in [0.25, 0.3) is 10.9 Å². The summed E-state index contributed by atoms with van der Waals surface area (Å²) in [6.07, 6.45) is 1.07. The molecule has 0 aliphatic rings. The molecule has 2 heterocycles. The van der Waals surface area contributed by atoms with E-state index < -0.39 is 0 Å². The lowest BCUT2D eigenvalue weighted by atomic mass is 10.2. The average molecular weight is 298 g/mol. The number of para-hydroxylation sites is 1. The molecule has 1 N–H and O–H groups in total. The second-order valence-electron chi connectivity index (χ2n) is 5.05. The summed E-state index contributed by atoms with van der Waals surface area (Å²) in [7, 11) is 1.81. The smallest absolute Gasteiger partial charge is 0.252 e. The molecule has 0 unspecified atom stereocenters. The SMILES string of the molecule is CCc1ccc(CNc2cc(=O)n(C)c3ccccc23)s1. The first-order chi connectivity index (χ1) is 10.2. The molecule has 0 fully saturated rings. The summed E-state index contributed by atoms with van der Waals surface area (Å²) in [5.74, 6) is 0. The third-order valence-electron chi connectivity index (χ3n) is 3.67. The number of hydrogen-bond acceptors (Lipinski definition) is 3. The van der Waals surface area contributed by atoms with Crippen molar-refractivity contribution in [3.8, 4) is 0 Å². The number of nitrogens with zero attached hydrogens (tertiary/aromatic N) is 1. The summed E-state index contributed by atoms with van der Waals surface area (Å²) in [6, 6.07) is 14.0. The van der Waals surface area contributed by atoms with Crippen molar-refractivity contribution < 1.29 is 0 Å². The Kier molecular flexibility index (Phi) is 3.80. The number of aromatic nitrogens is 1. The fraction of sp³-hybridized carbons (Fsp3) is 0.235. The van der Waals surface area contributed by atoms with Gasteiger partial charge in [0.2, 0.25) is 0 Å². The molecule has 0 bridgehead atoms. The third kappa shape index (κ3) is 2.72. The first-order valence-corrected chi connectivity index (χ1v) is 7.91. The van der Waals surface area contributed by atoms with Crippen LogP contribution in [0.2, 0.25) is 0 Å². The van der Waals surface area contributed by atoms with E-state index in [9.17, 15) is 4.79 Å². The number of hydrogen-bond donors (Lipinski definition) is 1. The van der Waals surface area contributed by atoms with Gasteiger partial charge in [-0.25, -0.2) is 0 Å². The highest BCUT2D eigenvalue weighted by Crippen LogP contribution is 2.23. The van der Waals surface area contributed by atoms with Gasteiger partial charge in [-0.2, -0.15) is 0 Å². The lowest BCUT2D eigenvalue weighted by Gasteiger charge is -2.11. The average Bonchev–Trinajstić information content (AvgIpc) is 2.97. The van der Waals surface area contributed by atoms with Crippen molar-refractivity contribution in [1.82, 2.24) is 4.57 Å². The monoisotopic (exact) mass is 298 g/mol. The minimum Gasteiger partial charge on any atom is -0.379 e. The van der Waals surface area contributed by atoms with Crippen LogP contribution in [0.5, 0.6) is 0 Å². The van der Waals surface area contributed by atoms with Gasteiger partial charge >= 0.3 is 0 Å². The Labute approximate surface area is 127 Å². The Morgan fingerprint density at radius 2 is 1.90 bits per heavy atom. The van der Waals surface area contributed by atoms with E-state index in [0.29, 0.717) is 0 Å². The van der Waals surface area contributed by atoms with E-state index in [0.717, 1.165) is 29.6 Å². The van der Waals surface area contributed by atoms with Gasteiger partial charge in [-0.3, -0.25) is 4.79 Å². The first-order valence-electron chi connectivity index (χ1n) is 7.09. The van der Waals surface area contributed by atoms with Crippen LogP contribution in [0.3, 0.4) is 0 Å². The maximum atomic E-state index is 12.0. The van der Waals surface area contributed by atoms with Crippen molar-refractivity contribution in [1.29, 1.82) is 0 Å².